The molecule has 2 rings (SSSR count). The molecule has 1 aromatic rings. The molecule has 1 aliphatic rings. The minimum absolute atomic E-state index is 0.0509. The van der Waals surface area contributed by atoms with E-state index in [1.165, 1.54) is 0 Å². The van der Waals surface area contributed by atoms with E-state index in [4.69, 9.17) is 0 Å². The Hall–Kier alpha value is -0.480. The molecule has 1 N–H and O–H groups in total. The van der Waals surface area contributed by atoms with Crippen LogP contribution in [-0.4, -0.2) is 9.94 Å². The summed E-state index contributed by atoms with van der Waals surface area (Å²) in [5.74, 6) is 0. The smallest absolute Gasteiger partial charge is 0.333 e. The molecule has 0 aromatic heterocycles. The Morgan fingerprint density at radius 3 is 2.24 bits per heavy atom. The molecule has 0 radical (unpaired) electrons. The van der Waals surface area contributed by atoms with Gasteiger partial charge in [0.25, 0.3) is 0 Å². The summed E-state index contributed by atoms with van der Waals surface area (Å²) in [6.07, 6.45) is 0.580. The minimum atomic E-state index is -3.31. The molecule has 4 heteroatoms. The number of aliphatic hydroxyl groups is 1. The summed E-state index contributed by atoms with van der Waals surface area (Å²) in [6, 6.07) is 6.91. The summed E-state index contributed by atoms with van der Waals surface area (Å²) in [6.45, 7) is 4.02. The lowest BCUT2D eigenvalue weighted by molar-refractivity contribution is -0.135. The van der Waals surface area contributed by atoms with E-state index in [1.54, 1.807) is 12.1 Å². The van der Waals surface area contributed by atoms with E-state index in [-0.39, 0.29) is 11.8 Å². The highest BCUT2D eigenvalue weighted by Crippen LogP contribution is 2.53. The van der Waals surface area contributed by atoms with Crippen LogP contribution in [0, 0.1) is 0 Å². The maximum atomic E-state index is 13.6. The molecule has 0 spiro atoms. The van der Waals surface area contributed by atoms with Gasteiger partial charge in [0.1, 0.15) is 0 Å². The van der Waals surface area contributed by atoms with Crippen molar-refractivity contribution in [3.63, 3.8) is 0 Å². The fourth-order valence-electron chi connectivity index (χ4n) is 2.49. The normalized spacial score (nSPS) is 27.6. The lowest BCUT2D eigenvalue weighted by Gasteiger charge is -2.43. The topological polar surface area (TPSA) is 20.2 Å². The number of halogens is 3. The zero-order valence-electron chi connectivity index (χ0n) is 9.80. The summed E-state index contributed by atoms with van der Waals surface area (Å²) < 4.78 is 27.2. The van der Waals surface area contributed by atoms with Crippen molar-refractivity contribution in [1.82, 2.24) is 0 Å². The van der Waals surface area contributed by atoms with Gasteiger partial charge in [0.15, 0.2) is 5.60 Å². The Balaban J connectivity index is 2.64. The van der Waals surface area contributed by atoms with Gasteiger partial charge >= 0.3 is 4.83 Å². The highest BCUT2D eigenvalue weighted by Gasteiger charge is 2.56. The second-order valence-corrected chi connectivity index (χ2v) is 6.28. The number of benzene rings is 1. The quantitative estimate of drug-likeness (QED) is 0.779. The molecule has 1 atom stereocenters. The lowest BCUT2D eigenvalue weighted by Crippen LogP contribution is -2.47. The third-order valence-electron chi connectivity index (χ3n) is 3.68. The van der Waals surface area contributed by atoms with E-state index in [0.29, 0.717) is 12.0 Å². The molecule has 0 bridgehead atoms. The van der Waals surface area contributed by atoms with Crippen LogP contribution >= 0.6 is 15.9 Å². The number of alkyl halides is 3. The van der Waals surface area contributed by atoms with Crippen molar-refractivity contribution in [2.24, 2.45) is 0 Å². The predicted octanol–water partition coefficient (Wildman–Crippen LogP) is 3.93. The van der Waals surface area contributed by atoms with Crippen LogP contribution in [0.25, 0.3) is 0 Å². The molecule has 1 aromatic carbocycles. The molecule has 0 saturated carbocycles. The summed E-state index contributed by atoms with van der Waals surface area (Å²) in [7, 11) is 0. The van der Waals surface area contributed by atoms with E-state index in [2.05, 4.69) is 15.9 Å². The van der Waals surface area contributed by atoms with E-state index in [1.807, 2.05) is 26.0 Å². The van der Waals surface area contributed by atoms with Crippen molar-refractivity contribution in [1.29, 1.82) is 0 Å². The van der Waals surface area contributed by atoms with Crippen molar-refractivity contribution in [2.45, 2.75) is 42.5 Å². The molecule has 0 fully saturated rings. The summed E-state index contributed by atoms with van der Waals surface area (Å²) >= 11 is 2.32. The molecule has 0 aliphatic heterocycles. The van der Waals surface area contributed by atoms with Gasteiger partial charge in [-0.25, -0.2) is 0 Å². The Kier molecular flexibility index (Phi) is 2.86. The minimum Gasteiger partial charge on any atom is -0.378 e. The fraction of sp³-hybridized carbons (Fsp3) is 0.538. The Morgan fingerprint density at radius 1 is 1.18 bits per heavy atom. The van der Waals surface area contributed by atoms with E-state index >= 15 is 0 Å². The van der Waals surface area contributed by atoms with Crippen LogP contribution < -0.4 is 0 Å². The van der Waals surface area contributed by atoms with E-state index in [9.17, 15) is 13.9 Å². The van der Waals surface area contributed by atoms with Crippen LogP contribution in [0.3, 0.4) is 0 Å². The first-order valence-corrected chi connectivity index (χ1v) is 6.37. The van der Waals surface area contributed by atoms with Crippen molar-refractivity contribution in [3.05, 3.63) is 35.4 Å². The van der Waals surface area contributed by atoms with E-state index in [0.717, 1.165) is 5.56 Å². The van der Waals surface area contributed by atoms with Crippen LogP contribution in [0.15, 0.2) is 24.3 Å². The van der Waals surface area contributed by atoms with Crippen LogP contribution in [0.4, 0.5) is 8.78 Å². The molecule has 17 heavy (non-hydrogen) atoms. The van der Waals surface area contributed by atoms with E-state index < -0.39 is 10.4 Å². The average molecular weight is 305 g/mol. The molecular weight excluding hydrogens is 290 g/mol. The van der Waals surface area contributed by atoms with Gasteiger partial charge in [-0.1, -0.05) is 38.1 Å². The monoisotopic (exact) mass is 304 g/mol. The SMILES string of the molecule is CC1(C)CCC(O)(C(F)(F)Br)c2ccccc21. The molecule has 94 valence electrons. The zero-order valence-corrected chi connectivity index (χ0v) is 11.4. The molecule has 0 amide bonds. The number of fused-ring (bicyclic) bond motifs is 1. The van der Waals surface area contributed by atoms with Crippen molar-refractivity contribution in [2.75, 3.05) is 0 Å². The first-order valence-electron chi connectivity index (χ1n) is 5.58. The third kappa shape index (κ3) is 1.91. The van der Waals surface area contributed by atoms with Crippen LogP contribution in [-0.2, 0) is 11.0 Å². The second kappa shape index (κ2) is 3.75. The molecule has 0 heterocycles. The second-order valence-electron chi connectivity index (χ2n) is 5.29. The van der Waals surface area contributed by atoms with Gasteiger partial charge in [0, 0.05) is 0 Å². The predicted molar refractivity (Wildman–Crippen MR) is 66.5 cm³/mol. The van der Waals surface area contributed by atoms with Crippen LogP contribution in [0.2, 0.25) is 0 Å². The van der Waals surface area contributed by atoms with Gasteiger partial charge in [-0.3, -0.25) is 0 Å². The molecular formula is C13H15BrF2O. The highest BCUT2D eigenvalue weighted by atomic mass is 79.9. The van der Waals surface area contributed by atoms with Gasteiger partial charge < -0.3 is 5.11 Å². The zero-order chi connectivity index (χ0) is 12.9. The summed E-state index contributed by atoms with van der Waals surface area (Å²) in [5.41, 5.74) is -1.16. The lowest BCUT2D eigenvalue weighted by atomic mass is 9.67. The number of hydrogen-bond acceptors (Lipinski definition) is 1. The van der Waals surface area contributed by atoms with Crippen molar-refractivity contribution >= 4 is 15.9 Å². The summed E-state index contributed by atoms with van der Waals surface area (Å²) in [5, 5.41) is 10.3. The third-order valence-corrected chi connectivity index (χ3v) is 4.34. The standard InChI is InChI=1S/C13H15BrF2O/c1-11(2)7-8-12(17,13(14,15)16)10-6-4-3-5-9(10)11/h3-6,17H,7-8H2,1-2H3. The molecule has 1 unspecified atom stereocenters. The number of rotatable bonds is 1. The molecule has 1 aliphatic carbocycles. The van der Waals surface area contributed by atoms with Gasteiger partial charge in [-0.2, -0.15) is 8.78 Å². The average Bonchev–Trinajstić information content (AvgIpc) is 2.23. The Bertz CT molecular complexity index is 439. The van der Waals surface area contributed by atoms with Gasteiger partial charge in [0.05, 0.1) is 0 Å². The number of hydrogen-bond donors (Lipinski definition) is 1. The Labute approximate surface area is 108 Å². The van der Waals surface area contributed by atoms with Crippen molar-refractivity contribution < 1.29 is 13.9 Å². The Morgan fingerprint density at radius 2 is 1.71 bits per heavy atom. The van der Waals surface area contributed by atoms with Crippen molar-refractivity contribution in [3.8, 4) is 0 Å². The molecule has 1 nitrogen and oxygen atoms in total. The summed E-state index contributed by atoms with van der Waals surface area (Å²) in [4.78, 5) is -3.31. The molecule has 0 saturated heterocycles. The largest absolute Gasteiger partial charge is 0.378 e. The van der Waals surface area contributed by atoms with Crippen LogP contribution in [0.1, 0.15) is 37.8 Å². The first kappa shape index (κ1) is 13.0. The highest BCUT2D eigenvalue weighted by molar-refractivity contribution is 9.10. The van der Waals surface area contributed by atoms with Gasteiger partial charge in [0.2, 0.25) is 0 Å². The van der Waals surface area contributed by atoms with Gasteiger partial charge in [-0.15, -0.1) is 0 Å². The van der Waals surface area contributed by atoms with Gasteiger partial charge in [-0.05, 0) is 45.3 Å². The van der Waals surface area contributed by atoms with Crippen LogP contribution in [0.5, 0.6) is 0 Å². The maximum Gasteiger partial charge on any atom is 0.333 e. The first-order chi connectivity index (χ1) is 7.68. The fourth-order valence-corrected chi connectivity index (χ4v) is 2.90. The maximum absolute atomic E-state index is 13.6.